The van der Waals surface area contributed by atoms with Gasteiger partial charge >= 0.3 is 0 Å². The van der Waals surface area contributed by atoms with Crippen molar-refractivity contribution in [2.24, 2.45) is 0 Å². The standard InChI is InChI=1S/C8H16N4O2S3/c1-3-15-5-4-6(2)12-17(13,14)8-11-10-7(9)16-8/h6,12H,3-5H2,1-2H3,(H2,9,10). The summed E-state index contributed by atoms with van der Waals surface area (Å²) in [5, 5.41) is 7.17. The minimum Gasteiger partial charge on any atom is -0.374 e. The molecule has 3 N–H and O–H groups in total. The third kappa shape index (κ3) is 4.78. The van der Waals surface area contributed by atoms with E-state index in [9.17, 15) is 8.42 Å². The summed E-state index contributed by atoms with van der Waals surface area (Å²) in [6.07, 6.45) is 0.784. The molecule has 0 saturated carbocycles. The minimum absolute atomic E-state index is 0.0787. The Morgan fingerprint density at radius 3 is 2.76 bits per heavy atom. The number of thioether (sulfide) groups is 1. The van der Waals surface area contributed by atoms with Crippen molar-refractivity contribution in [2.75, 3.05) is 17.2 Å². The summed E-state index contributed by atoms with van der Waals surface area (Å²) in [6.45, 7) is 3.90. The zero-order valence-corrected chi connectivity index (χ0v) is 12.2. The van der Waals surface area contributed by atoms with E-state index in [0.717, 1.165) is 29.3 Å². The molecule has 0 aliphatic rings. The summed E-state index contributed by atoms with van der Waals surface area (Å²) in [6, 6.07) is -0.121. The summed E-state index contributed by atoms with van der Waals surface area (Å²) in [5.41, 5.74) is 5.35. The fraction of sp³-hybridized carbons (Fsp3) is 0.750. The lowest BCUT2D eigenvalue weighted by atomic mass is 10.3. The van der Waals surface area contributed by atoms with Crippen LogP contribution in [0.25, 0.3) is 0 Å². The first-order chi connectivity index (χ1) is 7.95. The maximum Gasteiger partial charge on any atom is 0.270 e. The summed E-state index contributed by atoms with van der Waals surface area (Å²) in [5.74, 6) is 1.96. The Bertz CT molecular complexity index is 445. The quantitative estimate of drug-likeness (QED) is 0.726. The van der Waals surface area contributed by atoms with Crippen LogP contribution in [0.3, 0.4) is 0 Å². The summed E-state index contributed by atoms with van der Waals surface area (Å²) >= 11 is 2.65. The van der Waals surface area contributed by atoms with Gasteiger partial charge in [-0.15, -0.1) is 10.2 Å². The van der Waals surface area contributed by atoms with Crippen molar-refractivity contribution in [3.05, 3.63) is 0 Å². The van der Waals surface area contributed by atoms with Crippen LogP contribution in [0.4, 0.5) is 5.13 Å². The number of sulfonamides is 1. The Balaban J connectivity index is 2.55. The van der Waals surface area contributed by atoms with Crippen LogP contribution in [0.15, 0.2) is 4.34 Å². The minimum atomic E-state index is -3.57. The van der Waals surface area contributed by atoms with Crippen molar-refractivity contribution in [2.45, 2.75) is 30.6 Å². The second-order valence-electron chi connectivity index (χ2n) is 3.41. The SMILES string of the molecule is CCSCCC(C)NS(=O)(=O)c1nnc(N)s1. The zero-order valence-electron chi connectivity index (χ0n) is 9.71. The predicted molar refractivity (Wildman–Crippen MR) is 71.7 cm³/mol. The normalized spacial score (nSPS) is 13.8. The third-order valence-electron chi connectivity index (χ3n) is 1.91. The van der Waals surface area contributed by atoms with Gasteiger partial charge in [0.25, 0.3) is 10.0 Å². The molecule has 6 nitrogen and oxygen atoms in total. The lowest BCUT2D eigenvalue weighted by molar-refractivity contribution is 0.555. The van der Waals surface area contributed by atoms with Gasteiger partial charge in [-0.05, 0) is 24.9 Å². The molecule has 9 heteroatoms. The van der Waals surface area contributed by atoms with Crippen LogP contribution in [0.2, 0.25) is 0 Å². The molecule has 0 spiro atoms. The largest absolute Gasteiger partial charge is 0.374 e. The number of nitrogen functional groups attached to an aromatic ring is 1. The molecule has 1 unspecified atom stereocenters. The first-order valence-corrected chi connectivity index (χ1v) is 8.60. The number of rotatable bonds is 7. The van der Waals surface area contributed by atoms with Crippen LogP contribution in [-0.4, -0.2) is 36.2 Å². The number of nitrogens with two attached hydrogens (primary N) is 1. The number of hydrogen-bond donors (Lipinski definition) is 2. The molecule has 1 aromatic heterocycles. The number of nitrogens with one attached hydrogen (secondary N) is 1. The highest BCUT2D eigenvalue weighted by Crippen LogP contribution is 2.17. The summed E-state index contributed by atoms with van der Waals surface area (Å²) in [4.78, 5) is 0. The van der Waals surface area contributed by atoms with E-state index < -0.39 is 10.0 Å². The van der Waals surface area contributed by atoms with Crippen molar-refractivity contribution in [1.29, 1.82) is 0 Å². The van der Waals surface area contributed by atoms with Crippen molar-refractivity contribution >= 4 is 38.3 Å². The second-order valence-corrected chi connectivity index (χ2v) is 7.70. The summed E-state index contributed by atoms with van der Waals surface area (Å²) in [7, 11) is -3.57. The van der Waals surface area contributed by atoms with Gasteiger partial charge in [-0.25, -0.2) is 13.1 Å². The topological polar surface area (TPSA) is 98.0 Å². The Morgan fingerprint density at radius 1 is 1.53 bits per heavy atom. The predicted octanol–water partition coefficient (Wildman–Crippen LogP) is 0.930. The fourth-order valence-corrected chi connectivity index (χ4v) is 3.99. The van der Waals surface area contributed by atoms with E-state index in [1.807, 2.05) is 6.92 Å². The lowest BCUT2D eigenvalue weighted by Gasteiger charge is -2.11. The average Bonchev–Trinajstić information content (AvgIpc) is 2.65. The van der Waals surface area contributed by atoms with Crippen molar-refractivity contribution < 1.29 is 8.42 Å². The molecule has 0 aliphatic heterocycles. The van der Waals surface area contributed by atoms with E-state index >= 15 is 0 Å². The number of aromatic nitrogens is 2. The Hall–Kier alpha value is -0.380. The third-order valence-corrected chi connectivity index (χ3v) is 5.55. The van der Waals surface area contributed by atoms with Crippen LogP contribution in [0.5, 0.6) is 0 Å². The van der Waals surface area contributed by atoms with Crippen molar-refractivity contribution in [3.8, 4) is 0 Å². The highest BCUT2D eigenvalue weighted by Gasteiger charge is 2.21. The maximum absolute atomic E-state index is 11.8. The molecule has 1 heterocycles. The molecule has 17 heavy (non-hydrogen) atoms. The Morgan fingerprint density at radius 2 is 2.24 bits per heavy atom. The Kier molecular flexibility index (Phi) is 5.63. The number of hydrogen-bond acceptors (Lipinski definition) is 7. The highest BCUT2D eigenvalue weighted by atomic mass is 32.2. The molecule has 98 valence electrons. The molecule has 0 aromatic carbocycles. The van der Waals surface area contributed by atoms with Gasteiger partial charge in [-0.2, -0.15) is 11.8 Å². The van der Waals surface area contributed by atoms with E-state index in [2.05, 4.69) is 21.8 Å². The zero-order chi connectivity index (χ0) is 12.9. The van der Waals surface area contributed by atoms with Crippen LogP contribution < -0.4 is 10.5 Å². The molecule has 0 bridgehead atoms. The summed E-state index contributed by atoms with van der Waals surface area (Å²) < 4.78 is 26.1. The van der Waals surface area contributed by atoms with Gasteiger partial charge in [0.1, 0.15) is 0 Å². The molecule has 1 aromatic rings. The maximum atomic E-state index is 11.8. The van der Waals surface area contributed by atoms with Gasteiger partial charge in [-0.1, -0.05) is 18.3 Å². The number of nitrogens with zero attached hydrogens (tertiary/aromatic N) is 2. The Labute approximate surface area is 109 Å². The van der Waals surface area contributed by atoms with E-state index in [1.54, 1.807) is 11.8 Å². The molecular formula is C8H16N4O2S3. The molecule has 0 aliphatic carbocycles. The highest BCUT2D eigenvalue weighted by molar-refractivity contribution is 7.99. The monoisotopic (exact) mass is 296 g/mol. The van der Waals surface area contributed by atoms with Gasteiger partial charge in [0.15, 0.2) is 0 Å². The van der Waals surface area contributed by atoms with Crippen molar-refractivity contribution in [3.63, 3.8) is 0 Å². The average molecular weight is 296 g/mol. The molecule has 0 radical (unpaired) electrons. The smallest absolute Gasteiger partial charge is 0.270 e. The van der Waals surface area contributed by atoms with Gasteiger partial charge in [0.05, 0.1) is 0 Å². The van der Waals surface area contributed by atoms with Crippen LogP contribution in [0.1, 0.15) is 20.3 Å². The molecular weight excluding hydrogens is 280 g/mol. The van der Waals surface area contributed by atoms with Gasteiger partial charge in [-0.3, -0.25) is 0 Å². The van der Waals surface area contributed by atoms with E-state index in [0.29, 0.717) is 0 Å². The van der Waals surface area contributed by atoms with Crippen molar-refractivity contribution in [1.82, 2.24) is 14.9 Å². The van der Waals surface area contributed by atoms with E-state index in [4.69, 9.17) is 5.73 Å². The first-order valence-electron chi connectivity index (χ1n) is 5.14. The molecule has 1 atom stereocenters. The molecule has 1 rings (SSSR count). The molecule has 0 amide bonds. The fourth-order valence-electron chi connectivity index (χ4n) is 1.11. The van der Waals surface area contributed by atoms with Gasteiger partial charge in [0, 0.05) is 6.04 Å². The van der Waals surface area contributed by atoms with Crippen LogP contribution in [0, 0.1) is 0 Å². The number of anilines is 1. The van der Waals surface area contributed by atoms with Crippen LogP contribution in [-0.2, 0) is 10.0 Å². The lowest BCUT2D eigenvalue weighted by Crippen LogP contribution is -2.33. The van der Waals surface area contributed by atoms with E-state index in [-0.39, 0.29) is 15.5 Å². The van der Waals surface area contributed by atoms with Gasteiger partial charge in [0.2, 0.25) is 9.47 Å². The first kappa shape index (κ1) is 14.7. The van der Waals surface area contributed by atoms with Crippen LogP contribution >= 0.6 is 23.1 Å². The molecule has 0 fully saturated rings. The van der Waals surface area contributed by atoms with Gasteiger partial charge < -0.3 is 5.73 Å². The molecule has 0 saturated heterocycles. The second kappa shape index (κ2) is 6.53. The van der Waals surface area contributed by atoms with E-state index in [1.165, 1.54) is 0 Å².